The molecule has 0 radical (unpaired) electrons. The first-order valence-electron chi connectivity index (χ1n) is 8.01. The van der Waals surface area contributed by atoms with Crippen molar-refractivity contribution in [3.63, 3.8) is 0 Å². The second kappa shape index (κ2) is 8.05. The third-order valence-electron chi connectivity index (χ3n) is 4.11. The second-order valence-corrected chi connectivity index (χ2v) is 6.26. The standard InChI is InChI=1S/C15H26N6O2/c1-13(9-21-12-16-11-17-21)15(23)20-6-4-5-19(7-8-20)10-14(22)18(2)3/h11-13H,4-10H2,1-3H3/t13-/m0/s1. The van der Waals surface area contributed by atoms with Gasteiger partial charge in [-0.3, -0.25) is 19.2 Å². The summed E-state index contributed by atoms with van der Waals surface area (Å²) in [4.78, 5) is 33.9. The maximum absolute atomic E-state index is 12.6. The number of amides is 2. The van der Waals surface area contributed by atoms with Gasteiger partial charge in [-0.25, -0.2) is 4.98 Å². The minimum atomic E-state index is -0.133. The summed E-state index contributed by atoms with van der Waals surface area (Å²) in [6.07, 6.45) is 3.99. The van der Waals surface area contributed by atoms with E-state index < -0.39 is 0 Å². The van der Waals surface area contributed by atoms with Crippen LogP contribution < -0.4 is 0 Å². The van der Waals surface area contributed by atoms with Crippen LogP contribution in [0.25, 0.3) is 0 Å². The molecular formula is C15H26N6O2. The maximum atomic E-state index is 12.6. The van der Waals surface area contributed by atoms with Crippen LogP contribution >= 0.6 is 0 Å². The fraction of sp³-hybridized carbons (Fsp3) is 0.733. The minimum Gasteiger partial charge on any atom is -0.348 e. The van der Waals surface area contributed by atoms with E-state index in [2.05, 4.69) is 15.0 Å². The Bertz CT molecular complexity index is 516. The van der Waals surface area contributed by atoms with Crippen molar-refractivity contribution >= 4 is 11.8 Å². The van der Waals surface area contributed by atoms with Gasteiger partial charge in [-0.2, -0.15) is 5.10 Å². The predicted octanol–water partition coefficient (Wildman–Crippen LogP) is -0.463. The fourth-order valence-corrected chi connectivity index (χ4v) is 2.68. The topological polar surface area (TPSA) is 74.6 Å². The number of rotatable bonds is 5. The molecule has 23 heavy (non-hydrogen) atoms. The molecule has 2 amide bonds. The van der Waals surface area contributed by atoms with E-state index in [1.165, 1.54) is 6.33 Å². The largest absolute Gasteiger partial charge is 0.348 e. The van der Waals surface area contributed by atoms with Crippen LogP contribution in [0, 0.1) is 5.92 Å². The monoisotopic (exact) mass is 322 g/mol. The van der Waals surface area contributed by atoms with E-state index in [1.54, 1.807) is 30.0 Å². The van der Waals surface area contributed by atoms with Gasteiger partial charge in [-0.05, 0) is 6.42 Å². The first-order valence-corrected chi connectivity index (χ1v) is 8.01. The van der Waals surface area contributed by atoms with Gasteiger partial charge in [-0.15, -0.1) is 0 Å². The van der Waals surface area contributed by atoms with Crippen LogP contribution in [0.4, 0.5) is 0 Å². The number of carbonyl (C=O) groups excluding carboxylic acids is 2. The minimum absolute atomic E-state index is 0.101. The molecule has 0 aromatic carbocycles. The Morgan fingerprint density at radius 2 is 2.00 bits per heavy atom. The third kappa shape index (κ3) is 5.02. The van der Waals surface area contributed by atoms with E-state index in [1.807, 2.05) is 11.8 Å². The van der Waals surface area contributed by atoms with E-state index in [0.717, 1.165) is 26.1 Å². The molecule has 0 unspecified atom stereocenters. The summed E-state index contributed by atoms with van der Waals surface area (Å²) in [5.74, 6) is 0.109. The van der Waals surface area contributed by atoms with Crippen LogP contribution in [0.3, 0.4) is 0 Å². The van der Waals surface area contributed by atoms with E-state index in [0.29, 0.717) is 19.6 Å². The van der Waals surface area contributed by atoms with Crippen LogP contribution in [0.1, 0.15) is 13.3 Å². The van der Waals surface area contributed by atoms with Gasteiger partial charge in [0.2, 0.25) is 11.8 Å². The summed E-state index contributed by atoms with van der Waals surface area (Å²) in [5, 5.41) is 4.05. The Morgan fingerprint density at radius 1 is 1.22 bits per heavy atom. The van der Waals surface area contributed by atoms with Gasteiger partial charge in [0.1, 0.15) is 12.7 Å². The molecule has 0 bridgehead atoms. The lowest BCUT2D eigenvalue weighted by Gasteiger charge is -2.25. The number of aromatic nitrogens is 3. The van der Waals surface area contributed by atoms with Crippen molar-refractivity contribution in [2.75, 3.05) is 46.8 Å². The SMILES string of the molecule is C[C@@H](Cn1cncn1)C(=O)N1CCCN(CC(=O)N(C)C)CC1. The Hall–Kier alpha value is -1.96. The van der Waals surface area contributed by atoms with Gasteiger partial charge in [0, 0.05) is 40.3 Å². The molecule has 1 saturated heterocycles. The lowest BCUT2D eigenvalue weighted by Crippen LogP contribution is -2.41. The Balaban J connectivity index is 1.84. The van der Waals surface area contributed by atoms with Gasteiger partial charge in [0.15, 0.2) is 0 Å². The highest BCUT2D eigenvalue weighted by molar-refractivity contribution is 5.79. The molecule has 1 aliphatic rings. The van der Waals surface area contributed by atoms with Crippen molar-refractivity contribution in [2.45, 2.75) is 19.9 Å². The summed E-state index contributed by atoms with van der Waals surface area (Å²) in [5.41, 5.74) is 0. The molecule has 1 aliphatic heterocycles. The molecule has 1 fully saturated rings. The highest BCUT2D eigenvalue weighted by atomic mass is 16.2. The van der Waals surface area contributed by atoms with Gasteiger partial charge < -0.3 is 9.80 Å². The zero-order valence-electron chi connectivity index (χ0n) is 14.2. The van der Waals surface area contributed by atoms with Crippen LogP contribution in [0.15, 0.2) is 12.7 Å². The Morgan fingerprint density at radius 3 is 2.65 bits per heavy atom. The highest BCUT2D eigenvalue weighted by Crippen LogP contribution is 2.10. The third-order valence-corrected chi connectivity index (χ3v) is 4.11. The van der Waals surface area contributed by atoms with Crippen molar-refractivity contribution < 1.29 is 9.59 Å². The smallest absolute Gasteiger partial charge is 0.236 e. The van der Waals surface area contributed by atoms with Crippen LogP contribution in [0.5, 0.6) is 0 Å². The lowest BCUT2D eigenvalue weighted by molar-refractivity contribution is -0.135. The van der Waals surface area contributed by atoms with Crippen molar-refractivity contribution in [3.05, 3.63) is 12.7 Å². The molecule has 2 rings (SSSR count). The summed E-state index contributed by atoms with van der Waals surface area (Å²) >= 11 is 0. The van der Waals surface area contributed by atoms with Gasteiger partial charge in [0.05, 0.1) is 19.0 Å². The van der Waals surface area contributed by atoms with Crippen molar-refractivity contribution in [2.24, 2.45) is 5.92 Å². The average Bonchev–Trinajstić information content (AvgIpc) is 2.91. The molecule has 0 saturated carbocycles. The van der Waals surface area contributed by atoms with Crippen molar-refractivity contribution in [1.82, 2.24) is 29.5 Å². The summed E-state index contributed by atoms with van der Waals surface area (Å²) in [7, 11) is 3.53. The number of likely N-dealkylation sites (N-methyl/N-ethyl adjacent to an activating group) is 1. The first-order chi connectivity index (χ1) is 11.0. The molecule has 128 valence electrons. The molecule has 2 heterocycles. The first kappa shape index (κ1) is 17.4. The highest BCUT2D eigenvalue weighted by Gasteiger charge is 2.24. The molecule has 0 spiro atoms. The molecule has 1 aromatic heterocycles. The van der Waals surface area contributed by atoms with Gasteiger partial charge in [0.25, 0.3) is 0 Å². The van der Waals surface area contributed by atoms with Crippen molar-refractivity contribution in [1.29, 1.82) is 0 Å². The van der Waals surface area contributed by atoms with Crippen LogP contribution in [0.2, 0.25) is 0 Å². The average molecular weight is 322 g/mol. The number of hydrogen-bond acceptors (Lipinski definition) is 5. The quantitative estimate of drug-likeness (QED) is 0.733. The van der Waals surface area contributed by atoms with E-state index in [4.69, 9.17) is 0 Å². The molecule has 1 aromatic rings. The maximum Gasteiger partial charge on any atom is 0.236 e. The van der Waals surface area contributed by atoms with Crippen molar-refractivity contribution in [3.8, 4) is 0 Å². The summed E-state index contributed by atoms with van der Waals surface area (Å²) in [6, 6.07) is 0. The van der Waals surface area contributed by atoms with Crippen LogP contribution in [-0.2, 0) is 16.1 Å². The zero-order valence-corrected chi connectivity index (χ0v) is 14.2. The summed E-state index contributed by atoms with van der Waals surface area (Å²) in [6.45, 7) is 5.88. The fourth-order valence-electron chi connectivity index (χ4n) is 2.68. The lowest BCUT2D eigenvalue weighted by atomic mass is 10.1. The Kier molecular flexibility index (Phi) is 6.09. The normalized spacial score (nSPS) is 17.6. The molecule has 1 atom stereocenters. The number of carbonyl (C=O) groups is 2. The zero-order chi connectivity index (χ0) is 16.8. The number of hydrogen-bond donors (Lipinski definition) is 0. The molecule has 8 nitrogen and oxygen atoms in total. The van der Waals surface area contributed by atoms with Gasteiger partial charge >= 0.3 is 0 Å². The Labute approximate surface area is 137 Å². The van der Waals surface area contributed by atoms with E-state index in [9.17, 15) is 9.59 Å². The molecule has 8 heteroatoms. The predicted molar refractivity (Wildman–Crippen MR) is 85.5 cm³/mol. The molecular weight excluding hydrogens is 296 g/mol. The van der Waals surface area contributed by atoms with Gasteiger partial charge in [-0.1, -0.05) is 6.92 Å². The summed E-state index contributed by atoms with van der Waals surface area (Å²) < 4.78 is 1.68. The molecule has 0 aliphatic carbocycles. The van der Waals surface area contributed by atoms with E-state index in [-0.39, 0.29) is 17.7 Å². The molecule has 0 N–H and O–H groups in total. The number of nitrogens with zero attached hydrogens (tertiary/aromatic N) is 6. The van der Waals surface area contributed by atoms with E-state index >= 15 is 0 Å². The second-order valence-electron chi connectivity index (χ2n) is 6.26. The van der Waals surface area contributed by atoms with Crippen LogP contribution in [-0.4, -0.2) is 88.1 Å².